The van der Waals surface area contributed by atoms with Gasteiger partial charge in [0.1, 0.15) is 0 Å². The Morgan fingerprint density at radius 3 is 2.60 bits per heavy atom. The predicted octanol–water partition coefficient (Wildman–Crippen LogP) is 4.53. The van der Waals surface area contributed by atoms with Crippen LogP contribution < -0.4 is 0 Å². The molecule has 1 aliphatic rings. The van der Waals surface area contributed by atoms with Crippen molar-refractivity contribution in [2.24, 2.45) is 5.41 Å². The summed E-state index contributed by atoms with van der Waals surface area (Å²) in [5.74, 6) is 0. The van der Waals surface area contributed by atoms with Crippen LogP contribution >= 0.6 is 27.3 Å². The Kier molecular flexibility index (Phi) is 3.48. The van der Waals surface area contributed by atoms with Crippen LogP contribution in [0.3, 0.4) is 0 Å². The minimum atomic E-state index is -0.0669. The van der Waals surface area contributed by atoms with Gasteiger partial charge in [-0.15, -0.1) is 11.3 Å². The van der Waals surface area contributed by atoms with Crippen LogP contribution in [0, 0.1) is 16.7 Å². The van der Waals surface area contributed by atoms with Crippen LogP contribution in [0.15, 0.2) is 15.9 Å². The summed E-state index contributed by atoms with van der Waals surface area (Å²) >= 11 is 5.23. The fraction of sp³-hybridized carbons (Fsp3) is 0.583. The molecule has 0 atom stereocenters. The van der Waals surface area contributed by atoms with Crippen molar-refractivity contribution in [3.63, 3.8) is 0 Å². The van der Waals surface area contributed by atoms with E-state index in [9.17, 15) is 5.26 Å². The Hall–Kier alpha value is -0.330. The highest BCUT2D eigenvalue weighted by molar-refractivity contribution is 9.11. The Labute approximate surface area is 103 Å². The molecular weight excluding hydrogens is 270 g/mol. The molecule has 1 fully saturated rings. The van der Waals surface area contributed by atoms with E-state index in [4.69, 9.17) is 0 Å². The van der Waals surface area contributed by atoms with E-state index < -0.39 is 0 Å². The van der Waals surface area contributed by atoms with Gasteiger partial charge in [-0.2, -0.15) is 5.26 Å². The van der Waals surface area contributed by atoms with Crippen LogP contribution in [-0.2, 0) is 6.42 Å². The van der Waals surface area contributed by atoms with Crippen molar-refractivity contribution in [2.45, 2.75) is 38.5 Å². The van der Waals surface area contributed by atoms with Gasteiger partial charge in [-0.25, -0.2) is 0 Å². The second-order valence-corrected chi connectivity index (χ2v) is 6.88. The fourth-order valence-corrected chi connectivity index (χ4v) is 3.96. The molecular formula is C12H14BrNS. The third kappa shape index (κ3) is 2.62. The fourth-order valence-electron chi connectivity index (χ4n) is 2.34. The standard InChI is InChI=1S/C12H14BrNS/c13-11-5-4-10(15-11)8-12(9-14)6-2-1-3-7-12/h4-5H,1-3,6-8H2. The van der Waals surface area contributed by atoms with Crippen LogP contribution in [0.5, 0.6) is 0 Å². The van der Waals surface area contributed by atoms with Crippen molar-refractivity contribution >= 4 is 27.3 Å². The molecule has 1 nitrogen and oxygen atoms in total. The van der Waals surface area contributed by atoms with Crippen molar-refractivity contribution < 1.29 is 0 Å². The lowest BCUT2D eigenvalue weighted by molar-refractivity contribution is 0.267. The van der Waals surface area contributed by atoms with Gasteiger partial charge in [0.05, 0.1) is 15.3 Å². The third-order valence-corrected chi connectivity index (χ3v) is 4.81. The van der Waals surface area contributed by atoms with Gasteiger partial charge in [-0.05, 0) is 40.9 Å². The van der Waals surface area contributed by atoms with Crippen LogP contribution in [0.1, 0.15) is 37.0 Å². The molecule has 0 amide bonds. The van der Waals surface area contributed by atoms with Crippen molar-refractivity contribution in [3.8, 4) is 6.07 Å². The van der Waals surface area contributed by atoms with Crippen LogP contribution in [-0.4, -0.2) is 0 Å². The third-order valence-electron chi connectivity index (χ3n) is 3.19. The molecule has 0 saturated heterocycles. The maximum atomic E-state index is 9.35. The van der Waals surface area contributed by atoms with Gasteiger partial charge < -0.3 is 0 Å². The first-order chi connectivity index (χ1) is 7.24. The summed E-state index contributed by atoms with van der Waals surface area (Å²) in [6.07, 6.45) is 6.86. The summed E-state index contributed by atoms with van der Waals surface area (Å²) in [6, 6.07) is 6.79. The molecule has 1 aliphatic carbocycles. The first-order valence-electron chi connectivity index (χ1n) is 5.40. The molecule has 1 heterocycles. The van der Waals surface area contributed by atoms with Gasteiger partial charge in [-0.3, -0.25) is 0 Å². The molecule has 80 valence electrons. The summed E-state index contributed by atoms with van der Waals surface area (Å²) in [5, 5.41) is 9.35. The zero-order valence-electron chi connectivity index (χ0n) is 8.63. The van der Waals surface area contributed by atoms with Gasteiger partial charge in [0.15, 0.2) is 0 Å². The molecule has 0 aliphatic heterocycles. The van der Waals surface area contributed by atoms with Gasteiger partial charge >= 0.3 is 0 Å². The highest BCUT2D eigenvalue weighted by Gasteiger charge is 2.32. The van der Waals surface area contributed by atoms with E-state index in [0.29, 0.717) is 0 Å². The number of thiophene rings is 1. The molecule has 15 heavy (non-hydrogen) atoms. The highest BCUT2D eigenvalue weighted by Crippen LogP contribution is 2.40. The average molecular weight is 284 g/mol. The van der Waals surface area contributed by atoms with E-state index in [0.717, 1.165) is 19.3 Å². The molecule has 0 aromatic carbocycles. The molecule has 2 rings (SSSR count). The lowest BCUT2D eigenvalue weighted by Gasteiger charge is -2.30. The maximum Gasteiger partial charge on any atom is 0.0701 e. The van der Waals surface area contributed by atoms with E-state index in [1.165, 1.54) is 27.9 Å². The smallest absolute Gasteiger partial charge is 0.0701 e. The molecule has 1 aromatic heterocycles. The van der Waals surface area contributed by atoms with E-state index in [1.807, 2.05) is 0 Å². The van der Waals surface area contributed by atoms with Crippen LogP contribution in [0.25, 0.3) is 0 Å². The Bertz CT molecular complexity index is 371. The summed E-state index contributed by atoms with van der Waals surface area (Å²) in [5.41, 5.74) is -0.0669. The summed E-state index contributed by atoms with van der Waals surface area (Å²) in [7, 11) is 0. The summed E-state index contributed by atoms with van der Waals surface area (Å²) in [4.78, 5) is 1.34. The average Bonchev–Trinajstić information content (AvgIpc) is 2.65. The minimum absolute atomic E-state index is 0.0669. The number of nitriles is 1. The van der Waals surface area contributed by atoms with E-state index in [-0.39, 0.29) is 5.41 Å². The van der Waals surface area contributed by atoms with Crippen LogP contribution in [0.4, 0.5) is 0 Å². The lowest BCUT2D eigenvalue weighted by atomic mass is 9.73. The first-order valence-corrected chi connectivity index (χ1v) is 7.01. The summed E-state index contributed by atoms with van der Waals surface area (Å²) < 4.78 is 1.17. The van der Waals surface area contributed by atoms with Crippen molar-refractivity contribution in [1.82, 2.24) is 0 Å². The second-order valence-electron chi connectivity index (χ2n) is 4.34. The number of rotatable bonds is 2. The zero-order chi connectivity index (χ0) is 10.7. The number of nitrogens with zero attached hydrogens (tertiary/aromatic N) is 1. The van der Waals surface area contributed by atoms with Crippen LogP contribution in [0.2, 0.25) is 0 Å². The largest absolute Gasteiger partial charge is 0.198 e. The molecule has 0 radical (unpaired) electrons. The molecule has 0 spiro atoms. The normalized spacial score (nSPS) is 19.7. The van der Waals surface area contributed by atoms with Crippen molar-refractivity contribution in [1.29, 1.82) is 5.26 Å². The SMILES string of the molecule is N#CC1(Cc2ccc(Br)s2)CCCCC1. The van der Waals surface area contributed by atoms with Crippen molar-refractivity contribution in [3.05, 3.63) is 20.8 Å². The minimum Gasteiger partial charge on any atom is -0.198 e. The molecule has 1 aromatic rings. The molecule has 0 N–H and O–H groups in total. The van der Waals surface area contributed by atoms with E-state index in [2.05, 4.69) is 34.1 Å². The van der Waals surface area contributed by atoms with Crippen molar-refractivity contribution in [2.75, 3.05) is 0 Å². The van der Waals surface area contributed by atoms with Gasteiger partial charge in [0, 0.05) is 11.3 Å². The van der Waals surface area contributed by atoms with Gasteiger partial charge in [0.25, 0.3) is 0 Å². The molecule has 3 heteroatoms. The zero-order valence-corrected chi connectivity index (χ0v) is 11.0. The maximum absolute atomic E-state index is 9.35. The molecule has 0 unspecified atom stereocenters. The quantitative estimate of drug-likeness (QED) is 0.783. The number of hydrogen-bond donors (Lipinski definition) is 0. The van der Waals surface area contributed by atoms with E-state index >= 15 is 0 Å². The monoisotopic (exact) mass is 283 g/mol. The Morgan fingerprint density at radius 2 is 2.07 bits per heavy atom. The summed E-state index contributed by atoms with van der Waals surface area (Å²) in [6.45, 7) is 0. The second kappa shape index (κ2) is 4.67. The highest BCUT2D eigenvalue weighted by atomic mass is 79.9. The number of halogens is 1. The molecule has 0 bridgehead atoms. The Balaban J connectivity index is 2.11. The lowest BCUT2D eigenvalue weighted by Crippen LogP contribution is -2.24. The number of hydrogen-bond acceptors (Lipinski definition) is 2. The van der Waals surface area contributed by atoms with E-state index in [1.54, 1.807) is 11.3 Å². The van der Waals surface area contributed by atoms with Gasteiger partial charge in [-0.1, -0.05) is 19.3 Å². The van der Waals surface area contributed by atoms with Gasteiger partial charge in [0.2, 0.25) is 0 Å². The Morgan fingerprint density at radius 1 is 1.33 bits per heavy atom. The topological polar surface area (TPSA) is 23.8 Å². The molecule has 1 saturated carbocycles. The predicted molar refractivity (Wildman–Crippen MR) is 66.9 cm³/mol. The first kappa shape index (κ1) is 11.2.